The zero-order chi connectivity index (χ0) is 25.8. The van der Waals surface area contributed by atoms with Gasteiger partial charge in [0.1, 0.15) is 0 Å². The van der Waals surface area contributed by atoms with Crippen molar-refractivity contribution in [2.75, 3.05) is 5.32 Å². The SMILES string of the molecule is Cc1ccccc1-n1c(C)cc(C=NNC(=O)c2ccc(Nc3nc(-c4ccccc4)cs3)cc2)c1C. The van der Waals surface area contributed by atoms with Crippen molar-refractivity contribution in [2.45, 2.75) is 20.8 Å². The van der Waals surface area contributed by atoms with E-state index < -0.39 is 0 Å². The Morgan fingerprint density at radius 1 is 0.946 bits per heavy atom. The van der Waals surface area contributed by atoms with Crippen LogP contribution < -0.4 is 10.7 Å². The first-order chi connectivity index (χ1) is 18.0. The molecule has 2 heterocycles. The second-order valence-electron chi connectivity index (χ2n) is 8.75. The predicted molar refractivity (Wildman–Crippen MR) is 152 cm³/mol. The van der Waals surface area contributed by atoms with Gasteiger partial charge in [-0.25, -0.2) is 10.4 Å². The van der Waals surface area contributed by atoms with Crippen LogP contribution in [0.4, 0.5) is 10.8 Å². The molecule has 0 spiro atoms. The highest BCUT2D eigenvalue weighted by Crippen LogP contribution is 2.27. The Balaban J connectivity index is 1.22. The Bertz CT molecular complexity index is 1570. The minimum absolute atomic E-state index is 0.267. The Morgan fingerprint density at radius 2 is 1.68 bits per heavy atom. The zero-order valence-electron chi connectivity index (χ0n) is 20.9. The van der Waals surface area contributed by atoms with Gasteiger partial charge in [0.25, 0.3) is 5.91 Å². The maximum Gasteiger partial charge on any atom is 0.271 e. The fourth-order valence-electron chi connectivity index (χ4n) is 4.23. The lowest BCUT2D eigenvalue weighted by atomic mass is 10.2. The van der Waals surface area contributed by atoms with Gasteiger partial charge in [-0.3, -0.25) is 4.79 Å². The standard InChI is InChI=1S/C30H27N5OS/c1-20-9-7-8-12-28(20)35-21(2)17-25(22(35)3)18-31-34-29(36)24-13-15-26(16-14-24)32-30-33-27(19-37-30)23-10-5-4-6-11-23/h4-19H,1-3H3,(H,32,33)(H,34,36). The summed E-state index contributed by atoms with van der Waals surface area (Å²) in [6.07, 6.45) is 1.69. The van der Waals surface area contributed by atoms with Crippen LogP contribution in [0, 0.1) is 20.8 Å². The third-order valence-corrected chi connectivity index (χ3v) is 6.93. The molecular formula is C30H27N5OS. The summed E-state index contributed by atoms with van der Waals surface area (Å²) in [6, 6.07) is 27.7. The number of carbonyl (C=O) groups excluding carboxylic acids is 1. The molecule has 0 aliphatic rings. The smallest absolute Gasteiger partial charge is 0.271 e. The highest BCUT2D eigenvalue weighted by molar-refractivity contribution is 7.14. The quantitative estimate of drug-likeness (QED) is 0.184. The molecule has 6 nitrogen and oxygen atoms in total. The molecule has 7 heteroatoms. The van der Waals surface area contributed by atoms with Crippen LogP contribution in [0.2, 0.25) is 0 Å². The fourth-order valence-corrected chi connectivity index (χ4v) is 4.97. The number of aromatic nitrogens is 2. The van der Waals surface area contributed by atoms with Gasteiger partial charge in [-0.15, -0.1) is 11.3 Å². The number of amides is 1. The van der Waals surface area contributed by atoms with Crippen LogP contribution in [-0.2, 0) is 0 Å². The topological polar surface area (TPSA) is 71.3 Å². The summed E-state index contributed by atoms with van der Waals surface area (Å²) < 4.78 is 2.20. The van der Waals surface area contributed by atoms with Gasteiger partial charge in [-0.05, 0) is 62.7 Å². The Hall–Kier alpha value is -4.49. The van der Waals surface area contributed by atoms with E-state index >= 15 is 0 Å². The van der Waals surface area contributed by atoms with Gasteiger partial charge in [0.05, 0.1) is 11.9 Å². The van der Waals surface area contributed by atoms with Gasteiger partial charge in [0.2, 0.25) is 0 Å². The van der Waals surface area contributed by atoms with Gasteiger partial charge < -0.3 is 9.88 Å². The van der Waals surface area contributed by atoms with Gasteiger partial charge in [-0.2, -0.15) is 5.10 Å². The van der Waals surface area contributed by atoms with Crippen LogP contribution in [0.5, 0.6) is 0 Å². The first-order valence-corrected chi connectivity index (χ1v) is 12.8. The van der Waals surface area contributed by atoms with E-state index in [1.165, 1.54) is 16.9 Å². The van der Waals surface area contributed by atoms with Crippen LogP contribution in [-0.4, -0.2) is 21.7 Å². The summed E-state index contributed by atoms with van der Waals surface area (Å²) in [5.41, 5.74) is 11.5. The number of nitrogens with one attached hydrogen (secondary N) is 2. The largest absolute Gasteiger partial charge is 0.332 e. The van der Waals surface area contributed by atoms with E-state index in [4.69, 9.17) is 0 Å². The number of carbonyl (C=O) groups is 1. The number of thiazole rings is 1. The number of aryl methyl sites for hydroxylation is 2. The summed E-state index contributed by atoms with van der Waals surface area (Å²) in [6.45, 7) is 6.22. The van der Waals surface area contributed by atoms with Crippen molar-refractivity contribution >= 4 is 34.3 Å². The first-order valence-electron chi connectivity index (χ1n) is 12.0. The zero-order valence-corrected chi connectivity index (χ0v) is 21.7. The molecule has 184 valence electrons. The number of anilines is 2. The minimum atomic E-state index is -0.267. The number of hydrogen-bond donors (Lipinski definition) is 2. The molecule has 0 radical (unpaired) electrons. The van der Waals surface area contributed by atoms with Crippen molar-refractivity contribution in [1.82, 2.24) is 15.0 Å². The van der Waals surface area contributed by atoms with Crippen LogP contribution in [0.1, 0.15) is 32.9 Å². The molecule has 37 heavy (non-hydrogen) atoms. The van der Waals surface area contributed by atoms with E-state index in [-0.39, 0.29) is 5.91 Å². The normalized spacial score (nSPS) is 11.1. The molecule has 0 aliphatic heterocycles. The summed E-state index contributed by atoms with van der Waals surface area (Å²) in [5, 5.41) is 10.3. The van der Waals surface area contributed by atoms with Crippen molar-refractivity contribution < 1.29 is 4.79 Å². The third-order valence-electron chi connectivity index (χ3n) is 6.17. The fraction of sp³-hybridized carbons (Fsp3) is 0.100. The number of para-hydroxylation sites is 1. The number of hydrogen-bond acceptors (Lipinski definition) is 5. The second kappa shape index (κ2) is 10.6. The first kappa shape index (κ1) is 24.2. The van der Waals surface area contributed by atoms with Crippen LogP contribution in [0.15, 0.2) is 95.4 Å². The molecular weight excluding hydrogens is 478 g/mol. The Labute approximate surface area is 220 Å². The van der Waals surface area contributed by atoms with E-state index in [1.807, 2.05) is 60.0 Å². The number of benzene rings is 3. The van der Waals surface area contributed by atoms with Crippen molar-refractivity contribution in [2.24, 2.45) is 5.10 Å². The number of nitrogens with zero attached hydrogens (tertiary/aromatic N) is 3. The van der Waals surface area contributed by atoms with Crippen molar-refractivity contribution in [3.63, 3.8) is 0 Å². The molecule has 2 aromatic heterocycles. The molecule has 1 amide bonds. The molecule has 5 rings (SSSR count). The average molecular weight is 506 g/mol. The molecule has 5 aromatic rings. The molecule has 0 unspecified atom stereocenters. The lowest BCUT2D eigenvalue weighted by Crippen LogP contribution is -2.17. The lowest BCUT2D eigenvalue weighted by Gasteiger charge is -2.12. The Morgan fingerprint density at radius 3 is 2.43 bits per heavy atom. The summed E-state index contributed by atoms with van der Waals surface area (Å²) in [7, 11) is 0. The molecule has 3 aromatic carbocycles. The highest BCUT2D eigenvalue weighted by atomic mass is 32.1. The molecule has 0 fully saturated rings. The number of rotatable bonds is 7. The molecule has 0 saturated heterocycles. The van der Waals surface area contributed by atoms with E-state index in [9.17, 15) is 4.79 Å². The molecule has 0 bridgehead atoms. The average Bonchev–Trinajstić information content (AvgIpc) is 3.49. The third kappa shape index (κ3) is 5.37. The van der Waals surface area contributed by atoms with E-state index in [1.54, 1.807) is 18.3 Å². The summed E-state index contributed by atoms with van der Waals surface area (Å²) in [5.74, 6) is -0.267. The van der Waals surface area contributed by atoms with Crippen LogP contribution >= 0.6 is 11.3 Å². The summed E-state index contributed by atoms with van der Waals surface area (Å²) in [4.78, 5) is 17.3. The predicted octanol–water partition coefficient (Wildman–Crippen LogP) is 7.03. The van der Waals surface area contributed by atoms with E-state index in [2.05, 4.69) is 64.4 Å². The molecule has 0 aliphatic carbocycles. The highest BCUT2D eigenvalue weighted by Gasteiger charge is 2.11. The van der Waals surface area contributed by atoms with Gasteiger partial charge in [0, 0.05) is 44.8 Å². The molecule has 0 atom stereocenters. The van der Waals surface area contributed by atoms with Crippen molar-refractivity contribution in [3.05, 3.63) is 118 Å². The monoisotopic (exact) mass is 505 g/mol. The maximum atomic E-state index is 12.6. The van der Waals surface area contributed by atoms with Gasteiger partial charge >= 0.3 is 0 Å². The number of hydrazone groups is 1. The van der Waals surface area contributed by atoms with Gasteiger partial charge in [-0.1, -0.05) is 48.5 Å². The van der Waals surface area contributed by atoms with E-state index in [0.29, 0.717) is 5.56 Å². The van der Waals surface area contributed by atoms with Gasteiger partial charge in [0.15, 0.2) is 5.13 Å². The lowest BCUT2D eigenvalue weighted by molar-refractivity contribution is 0.0955. The van der Waals surface area contributed by atoms with Crippen LogP contribution in [0.25, 0.3) is 16.9 Å². The van der Waals surface area contributed by atoms with Crippen molar-refractivity contribution in [3.8, 4) is 16.9 Å². The van der Waals surface area contributed by atoms with E-state index in [0.717, 1.165) is 44.7 Å². The maximum absolute atomic E-state index is 12.6. The minimum Gasteiger partial charge on any atom is -0.332 e. The summed E-state index contributed by atoms with van der Waals surface area (Å²) >= 11 is 1.54. The molecule has 2 N–H and O–H groups in total. The second-order valence-corrected chi connectivity index (χ2v) is 9.61. The van der Waals surface area contributed by atoms with Crippen LogP contribution in [0.3, 0.4) is 0 Å². The van der Waals surface area contributed by atoms with Crippen molar-refractivity contribution in [1.29, 1.82) is 0 Å². The Kier molecular flexibility index (Phi) is 6.96. The molecule has 0 saturated carbocycles.